The zero-order valence-electron chi connectivity index (χ0n) is 16.4. The Morgan fingerprint density at radius 2 is 2.03 bits per heavy atom. The Morgan fingerprint density at radius 1 is 1.30 bits per heavy atom. The van der Waals surface area contributed by atoms with E-state index in [1.807, 2.05) is 0 Å². The number of halogens is 4. The number of pyridine rings is 1. The molecule has 1 aliphatic rings. The summed E-state index contributed by atoms with van der Waals surface area (Å²) in [4.78, 5) is 19.9. The molecule has 0 unspecified atom stereocenters. The highest BCUT2D eigenvalue weighted by Crippen LogP contribution is 2.40. The molecule has 2 aromatic heterocycles. The molecule has 3 N–H and O–H groups in total. The Morgan fingerprint density at radius 3 is 2.70 bits per heavy atom. The van der Waals surface area contributed by atoms with Crippen molar-refractivity contribution >= 4 is 39.1 Å². The zero-order chi connectivity index (χ0) is 21.7. The lowest BCUT2D eigenvalue weighted by Crippen LogP contribution is -2.30. The molecule has 0 atom stereocenters. The quantitative estimate of drug-likeness (QED) is 0.480. The average molecular weight is 506 g/mol. The largest absolute Gasteiger partial charge is 0.434 e. The summed E-state index contributed by atoms with van der Waals surface area (Å²) in [5.41, 5.74) is -0.427. The first-order valence-electron chi connectivity index (χ1n) is 9.79. The Balaban J connectivity index is 1.86. The number of nitrogens with zero attached hydrogens (tertiary/aromatic N) is 2. The van der Waals surface area contributed by atoms with Crippen LogP contribution < -0.4 is 16.0 Å². The smallest absolute Gasteiger partial charge is 0.338 e. The van der Waals surface area contributed by atoms with Crippen molar-refractivity contribution in [3.05, 3.63) is 27.3 Å². The molecule has 0 aromatic carbocycles. The van der Waals surface area contributed by atoms with Gasteiger partial charge in [-0.25, -0.2) is 14.8 Å². The van der Waals surface area contributed by atoms with Crippen LogP contribution in [-0.4, -0.2) is 28.6 Å². The number of carbonyl (C=O) groups is 1. The van der Waals surface area contributed by atoms with E-state index in [9.17, 15) is 18.0 Å². The molecule has 3 rings (SSSR count). The molecule has 30 heavy (non-hydrogen) atoms. The predicted molar refractivity (Wildman–Crippen MR) is 114 cm³/mol. The van der Waals surface area contributed by atoms with Gasteiger partial charge in [0.25, 0.3) is 0 Å². The second kappa shape index (κ2) is 10.1. The lowest BCUT2D eigenvalue weighted by Gasteiger charge is -2.22. The molecule has 0 bridgehead atoms. The van der Waals surface area contributed by atoms with Crippen molar-refractivity contribution in [2.45, 2.75) is 57.8 Å². The van der Waals surface area contributed by atoms with Gasteiger partial charge in [0.05, 0.1) is 4.88 Å². The van der Waals surface area contributed by atoms with Crippen LogP contribution in [0.4, 0.5) is 23.8 Å². The number of amides is 2. The van der Waals surface area contributed by atoms with Gasteiger partial charge in [-0.1, -0.05) is 19.3 Å². The number of thiazole rings is 1. The maximum atomic E-state index is 13.6. The van der Waals surface area contributed by atoms with Gasteiger partial charge in [0, 0.05) is 35.4 Å². The summed E-state index contributed by atoms with van der Waals surface area (Å²) in [6, 6.07) is 1.31. The first kappa shape index (κ1) is 23.0. The van der Waals surface area contributed by atoms with Gasteiger partial charge in [-0.2, -0.15) is 13.2 Å². The second-order valence-corrected chi connectivity index (χ2v) is 8.98. The summed E-state index contributed by atoms with van der Waals surface area (Å²) in [6.07, 6.45) is 2.24. The molecule has 11 heteroatoms. The monoisotopic (exact) mass is 505 g/mol. The number of nitrogens with one attached hydrogen (secondary N) is 3. The normalized spacial score (nSPS) is 15.2. The van der Waals surface area contributed by atoms with Gasteiger partial charge in [0.1, 0.15) is 10.8 Å². The molecule has 0 spiro atoms. The van der Waals surface area contributed by atoms with Crippen LogP contribution in [0.2, 0.25) is 0 Å². The number of anilines is 1. The minimum atomic E-state index is -4.54. The van der Waals surface area contributed by atoms with Gasteiger partial charge in [-0.05, 0) is 41.8 Å². The van der Waals surface area contributed by atoms with Crippen molar-refractivity contribution < 1.29 is 18.0 Å². The van der Waals surface area contributed by atoms with E-state index in [1.165, 1.54) is 18.7 Å². The summed E-state index contributed by atoms with van der Waals surface area (Å²) in [7, 11) is 0. The fourth-order valence-corrected chi connectivity index (χ4v) is 4.94. The molecule has 2 aromatic rings. The number of aromatic nitrogens is 2. The minimum absolute atomic E-state index is 0.129. The third kappa shape index (κ3) is 5.92. The van der Waals surface area contributed by atoms with Gasteiger partial charge in [-0.15, -0.1) is 11.3 Å². The summed E-state index contributed by atoms with van der Waals surface area (Å²) in [5.74, 6) is 0.227. The molecule has 2 heterocycles. The number of alkyl halides is 3. The number of hydrogen-bond acceptors (Lipinski definition) is 5. The Hall–Kier alpha value is -1.72. The lowest BCUT2D eigenvalue weighted by atomic mass is 9.95. The molecular formula is C19H23BrF3N5OS. The zero-order valence-corrected chi connectivity index (χ0v) is 18.8. The van der Waals surface area contributed by atoms with Crippen LogP contribution in [0.3, 0.4) is 0 Å². The van der Waals surface area contributed by atoms with Crippen LogP contribution in [0.15, 0.2) is 16.7 Å². The van der Waals surface area contributed by atoms with E-state index in [4.69, 9.17) is 0 Å². The van der Waals surface area contributed by atoms with Crippen molar-refractivity contribution in [3.63, 3.8) is 0 Å². The van der Waals surface area contributed by atoms with Gasteiger partial charge < -0.3 is 10.6 Å². The van der Waals surface area contributed by atoms with Crippen LogP contribution >= 0.6 is 27.3 Å². The van der Waals surface area contributed by atoms with Crippen LogP contribution in [0.5, 0.6) is 0 Å². The third-order valence-corrected chi connectivity index (χ3v) is 6.51. The Labute approximate surface area is 185 Å². The van der Waals surface area contributed by atoms with Crippen LogP contribution in [-0.2, 0) is 12.7 Å². The average Bonchev–Trinajstić information content (AvgIpc) is 3.13. The van der Waals surface area contributed by atoms with Gasteiger partial charge >= 0.3 is 12.2 Å². The molecule has 1 saturated carbocycles. The summed E-state index contributed by atoms with van der Waals surface area (Å²) in [5, 5.41) is 8.62. The highest BCUT2D eigenvalue weighted by Gasteiger charge is 2.37. The number of urea groups is 1. The predicted octanol–water partition coefficient (Wildman–Crippen LogP) is 5.55. The molecule has 2 amide bonds. The molecule has 0 radical (unpaired) electrons. The van der Waals surface area contributed by atoms with Crippen molar-refractivity contribution in [2.24, 2.45) is 0 Å². The first-order valence-corrected chi connectivity index (χ1v) is 11.4. The summed E-state index contributed by atoms with van der Waals surface area (Å²) < 4.78 is 41.3. The van der Waals surface area contributed by atoms with E-state index < -0.39 is 17.9 Å². The van der Waals surface area contributed by atoms with Crippen LogP contribution in [0.1, 0.15) is 49.6 Å². The molecular weight excluding hydrogens is 483 g/mol. The van der Waals surface area contributed by atoms with E-state index in [0.29, 0.717) is 16.6 Å². The minimum Gasteiger partial charge on any atom is -0.338 e. The van der Waals surface area contributed by atoms with E-state index in [1.54, 1.807) is 6.92 Å². The number of rotatable bonds is 6. The SMILES string of the molecule is CCNC(=O)Nc1cc(-c2nc(C(F)(F)F)c(CNC3CCCCC3)s2)c(Br)cn1. The summed E-state index contributed by atoms with van der Waals surface area (Å²) in [6.45, 7) is 2.34. The highest BCUT2D eigenvalue weighted by molar-refractivity contribution is 9.10. The van der Waals surface area contributed by atoms with E-state index in [2.05, 4.69) is 41.8 Å². The topological polar surface area (TPSA) is 78.9 Å². The molecule has 1 fully saturated rings. The highest BCUT2D eigenvalue weighted by atomic mass is 79.9. The molecule has 0 aliphatic heterocycles. The van der Waals surface area contributed by atoms with Gasteiger partial charge in [0.2, 0.25) is 0 Å². The number of hydrogen-bond donors (Lipinski definition) is 3. The van der Waals surface area contributed by atoms with Crippen molar-refractivity contribution in [1.82, 2.24) is 20.6 Å². The van der Waals surface area contributed by atoms with Crippen molar-refractivity contribution in [2.75, 3.05) is 11.9 Å². The van der Waals surface area contributed by atoms with E-state index in [0.717, 1.165) is 37.0 Å². The Bertz CT molecular complexity index is 884. The van der Waals surface area contributed by atoms with Gasteiger partial charge in [-0.3, -0.25) is 5.32 Å². The van der Waals surface area contributed by atoms with Crippen molar-refractivity contribution in [1.29, 1.82) is 0 Å². The lowest BCUT2D eigenvalue weighted by molar-refractivity contribution is -0.141. The van der Waals surface area contributed by atoms with Crippen LogP contribution in [0.25, 0.3) is 10.6 Å². The number of carbonyl (C=O) groups excluding carboxylic acids is 1. The third-order valence-electron chi connectivity index (χ3n) is 4.79. The maximum absolute atomic E-state index is 13.6. The fourth-order valence-electron chi connectivity index (χ4n) is 3.34. The van der Waals surface area contributed by atoms with Crippen molar-refractivity contribution in [3.8, 4) is 10.6 Å². The van der Waals surface area contributed by atoms with Gasteiger partial charge in [0.15, 0.2) is 5.69 Å². The molecule has 164 valence electrons. The first-order chi connectivity index (χ1) is 14.3. The fraction of sp³-hybridized carbons (Fsp3) is 0.526. The molecule has 1 aliphatic carbocycles. The second-order valence-electron chi connectivity index (χ2n) is 7.04. The van der Waals surface area contributed by atoms with E-state index >= 15 is 0 Å². The van der Waals surface area contributed by atoms with Crippen LogP contribution in [0, 0.1) is 0 Å². The van der Waals surface area contributed by atoms with E-state index in [-0.39, 0.29) is 28.3 Å². The molecule has 6 nitrogen and oxygen atoms in total. The summed E-state index contributed by atoms with van der Waals surface area (Å²) >= 11 is 4.33. The maximum Gasteiger partial charge on any atom is 0.434 e. The standard InChI is InChI=1S/C19H23BrF3N5OS/c1-2-24-18(29)27-15-8-12(13(20)9-26-15)17-28-16(19(21,22)23)14(30-17)10-25-11-6-4-3-5-7-11/h8-9,11,25H,2-7,10H2,1H3,(H2,24,26,27,29). The Kier molecular flexibility index (Phi) is 7.70. The molecule has 0 saturated heterocycles.